The summed E-state index contributed by atoms with van der Waals surface area (Å²) in [6.07, 6.45) is 5.51. The number of hydrogen-bond donors (Lipinski definition) is 2. The first-order valence-corrected chi connectivity index (χ1v) is 9.86. The first kappa shape index (κ1) is 15.8. The molecular formula is C20H20N4OS. The van der Waals surface area contributed by atoms with Crippen LogP contribution in [0.1, 0.15) is 25.7 Å². The number of hydrogen-bond acceptors (Lipinski definition) is 5. The third-order valence-electron chi connectivity index (χ3n) is 5.04. The van der Waals surface area contributed by atoms with Crippen LogP contribution in [0.25, 0.3) is 26.3 Å². The van der Waals surface area contributed by atoms with Gasteiger partial charge in [0.05, 0.1) is 17.2 Å². The maximum Gasteiger partial charge on any atom is 0.154 e. The molecule has 132 valence electrons. The molecule has 1 fully saturated rings. The zero-order valence-electron chi connectivity index (χ0n) is 14.3. The Morgan fingerprint density at radius 3 is 2.96 bits per heavy atom. The lowest BCUT2D eigenvalue weighted by atomic mass is 9.93. The molecule has 0 amide bonds. The second kappa shape index (κ2) is 6.37. The SMILES string of the molecule is OC1CCCC(Nc2ccc3ncc(-c4cc5ccccc5s4)n3n2)C1. The highest BCUT2D eigenvalue weighted by atomic mass is 32.1. The fourth-order valence-electron chi connectivity index (χ4n) is 3.73. The summed E-state index contributed by atoms with van der Waals surface area (Å²) in [4.78, 5) is 5.67. The molecule has 1 aliphatic rings. The zero-order chi connectivity index (χ0) is 17.5. The molecule has 3 aromatic heterocycles. The molecule has 0 spiro atoms. The minimum Gasteiger partial charge on any atom is -0.393 e. The molecule has 4 aromatic rings. The molecule has 2 unspecified atom stereocenters. The van der Waals surface area contributed by atoms with Gasteiger partial charge >= 0.3 is 0 Å². The van der Waals surface area contributed by atoms with Crippen LogP contribution in [0.5, 0.6) is 0 Å². The molecular weight excluding hydrogens is 344 g/mol. The van der Waals surface area contributed by atoms with Crippen LogP contribution in [0, 0.1) is 0 Å². The van der Waals surface area contributed by atoms with Gasteiger partial charge in [-0.05, 0) is 55.3 Å². The topological polar surface area (TPSA) is 62.5 Å². The molecule has 5 nitrogen and oxygen atoms in total. The van der Waals surface area contributed by atoms with E-state index in [1.54, 1.807) is 11.3 Å². The van der Waals surface area contributed by atoms with Gasteiger partial charge in [0.25, 0.3) is 0 Å². The molecule has 26 heavy (non-hydrogen) atoms. The summed E-state index contributed by atoms with van der Waals surface area (Å²) in [5.41, 5.74) is 1.85. The smallest absolute Gasteiger partial charge is 0.154 e. The number of benzene rings is 1. The van der Waals surface area contributed by atoms with Crippen molar-refractivity contribution in [1.82, 2.24) is 14.6 Å². The van der Waals surface area contributed by atoms with Gasteiger partial charge in [0.15, 0.2) is 5.65 Å². The maximum absolute atomic E-state index is 9.88. The van der Waals surface area contributed by atoms with Crippen molar-refractivity contribution in [3.05, 3.63) is 48.7 Å². The van der Waals surface area contributed by atoms with E-state index in [4.69, 9.17) is 5.10 Å². The van der Waals surface area contributed by atoms with E-state index in [0.717, 1.165) is 47.7 Å². The van der Waals surface area contributed by atoms with E-state index >= 15 is 0 Å². The predicted molar refractivity (Wildman–Crippen MR) is 106 cm³/mol. The number of thiophene rings is 1. The van der Waals surface area contributed by atoms with Crippen molar-refractivity contribution in [2.45, 2.75) is 37.8 Å². The van der Waals surface area contributed by atoms with Crippen LogP contribution < -0.4 is 5.32 Å². The second-order valence-electron chi connectivity index (χ2n) is 6.94. The Bertz CT molecular complexity index is 1040. The van der Waals surface area contributed by atoms with Gasteiger partial charge in [0.1, 0.15) is 11.5 Å². The molecule has 6 heteroatoms. The Hall–Kier alpha value is -2.44. The number of fused-ring (bicyclic) bond motifs is 2. The summed E-state index contributed by atoms with van der Waals surface area (Å²) < 4.78 is 3.18. The van der Waals surface area contributed by atoms with Gasteiger partial charge in [-0.15, -0.1) is 16.4 Å². The van der Waals surface area contributed by atoms with Gasteiger partial charge in [0.2, 0.25) is 0 Å². The number of nitrogens with zero attached hydrogens (tertiary/aromatic N) is 3. The predicted octanol–water partition coefficient (Wildman–Crippen LogP) is 4.33. The van der Waals surface area contributed by atoms with E-state index in [-0.39, 0.29) is 12.1 Å². The van der Waals surface area contributed by atoms with Crippen molar-refractivity contribution in [1.29, 1.82) is 0 Å². The molecule has 5 rings (SSSR count). The van der Waals surface area contributed by atoms with Crippen LogP contribution in [0.4, 0.5) is 5.82 Å². The first-order valence-electron chi connectivity index (χ1n) is 9.04. The normalized spacial score (nSPS) is 20.7. The van der Waals surface area contributed by atoms with Crippen molar-refractivity contribution in [3.8, 4) is 10.6 Å². The average molecular weight is 364 g/mol. The molecule has 1 aromatic carbocycles. The maximum atomic E-state index is 9.88. The highest BCUT2D eigenvalue weighted by Gasteiger charge is 2.20. The third-order valence-corrected chi connectivity index (χ3v) is 6.18. The van der Waals surface area contributed by atoms with Crippen molar-refractivity contribution in [3.63, 3.8) is 0 Å². The summed E-state index contributed by atoms with van der Waals surface area (Å²) >= 11 is 1.76. The monoisotopic (exact) mass is 364 g/mol. The van der Waals surface area contributed by atoms with Gasteiger partial charge in [-0.25, -0.2) is 9.50 Å². The molecule has 1 saturated carbocycles. The number of aliphatic hydroxyl groups is 1. The highest BCUT2D eigenvalue weighted by molar-refractivity contribution is 7.22. The van der Waals surface area contributed by atoms with Crippen molar-refractivity contribution in [2.75, 3.05) is 5.32 Å². The van der Waals surface area contributed by atoms with Crippen molar-refractivity contribution in [2.24, 2.45) is 0 Å². The molecule has 0 saturated heterocycles. The van der Waals surface area contributed by atoms with E-state index in [0.29, 0.717) is 0 Å². The number of imidazole rings is 1. The van der Waals surface area contributed by atoms with Gasteiger partial charge < -0.3 is 10.4 Å². The summed E-state index contributed by atoms with van der Waals surface area (Å²) in [6, 6.07) is 14.8. The lowest BCUT2D eigenvalue weighted by Gasteiger charge is -2.26. The molecule has 0 radical (unpaired) electrons. The average Bonchev–Trinajstić information content (AvgIpc) is 3.25. The second-order valence-corrected chi connectivity index (χ2v) is 8.03. The van der Waals surface area contributed by atoms with Crippen molar-refractivity contribution < 1.29 is 5.11 Å². The van der Waals surface area contributed by atoms with Gasteiger partial charge in [-0.1, -0.05) is 18.2 Å². The molecule has 0 aliphatic heterocycles. The summed E-state index contributed by atoms with van der Waals surface area (Å²) in [5.74, 6) is 0.831. The van der Waals surface area contributed by atoms with Crippen LogP contribution in [0.15, 0.2) is 48.7 Å². The van der Waals surface area contributed by atoms with Gasteiger partial charge in [-0.3, -0.25) is 0 Å². The summed E-state index contributed by atoms with van der Waals surface area (Å²) in [6.45, 7) is 0. The zero-order valence-corrected chi connectivity index (χ0v) is 15.1. The standard InChI is InChI=1S/C20H20N4OS/c25-15-6-3-5-14(11-15)22-19-8-9-20-21-12-16(24(20)23-19)18-10-13-4-1-2-7-17(13)26-18/h1-2,4,7-10,12,14-15,25H,3,5-6,11H2,(H,22,23). The van der Waals surface area contributed by atoms with Crippen LogP contribution in [0.2, 0.25) is 0 Å². The quantitative estimate of drug-likeness (QED) is 0.568. The van der Waals surface area contributed by atoms with E-state index in [2.05, 4.69) is 40.6 Å². The third kappa shape index (κ3) is 2.85. The number of nitrogens with one attached hydrogen (secondary N) is 1. The minimum atomic E-state index is -0.202. The van der Waals surface area contributed by atoms with Gasteiger partial charge in [-0.2, -0.15) is 0 Å². The molecule has 0 bridgehead atoms. The lowest BCUT2D eigenvalue weighted by Crippen LogP contribution is -2.30. The Kier molecular flexibility index (Phi) is 3.87. The van der Waals surface area contributed by atoms with E-state index in [1.807, 2.05) is 22.8 Å². The molecule has 2 atom stereocenters. The van der Waals surface area contributed by atoms with Gasteiger partial charge in [0, 0.05) is 10.7 Å². The van der Waals surface area contributed by atoms with Crippen LogP contribution in [-0.2, 0) is 0 Å². The van der Waals surface area contributed by atoms with Crippen LogP contribution in [0.3, 0.4) is 0 Å². The number of aliphatic hydroxyl groups excluding tert-OH is 1. The first-order chi connectivity index (χ1) is 12.8. The summed E-state index contributed by atoms with van der Waals surface area (Å²) in [7, 11) is 0. The largest absolute Gasteiger partial charge is 0.393 e. The summed E-state index contributed by atoms with van der Waals surface area (Å²) in [5, 5.41) is 19.4. The number of aromatic nitrogens is 3. The minimum absolute atomic E-state index is 0.202. The van der Waals surface area contributed by atoms with Crippen LogP contribution in [-0.4, -0.2) is 31.9 Å². The Balaban J connectivity index is 1.50. The van der Waals surface area contributed by atoms with Crippen LogP contribution >= 0.6 is 11.3 Å². The lowest BCUT2D eigenvalue weighted by molar-refractivity contribution is 0.124. The van der Waals surface area contributed by atoms with E-state index in [1.165, 1.54) is 10.1 Å². The Morgan fingerprint density at radius 1 is 1.15 bits per heavy atom. The number of anilines is 1. The fourth-order valence-corrected chi connectivity index (χ4v) is 4.79. The Morgan fingerprint density at radius 2 is 2.08 bits per heavy atom. The number of rotatable bonds is 3. The molecule has 2 N–H and O–H groups in total. The van der Waals surface area contributed by atoms with E-state index < -0.39 is 0 Å². The van der Waals surface area contributed by atoms with Crippen molar-refractivity contribution >= 4 is 32.9 Å². The van der Waals surface area contributed by atoms with E-state index in [9.17, 15) is 5.11 Å². The molecule has 1 aliphatic carbocycles. The molecule has 3 heterocycles. The highest BCUT2D eigenvalue weighted by Crippen LogP contribution is 2.33. The fraction of sp³-hybridized carbons (Fsp3) is 0.300. The Labute approximate surface area is 155 Å².